The number of carbonyl (C=O) groups excluding carboxylic acids is 1. The molecule has 3 aromatic rings. The summed E-state index contributed by atoms with van der Waals surface area (Å²) in [5.41, 5.74) is 1.91. The average molecular weight is 454 g/mol. The van der Waals surface area contributed by atoms with Crippen LogP contribution in [-0.2, 0) is 17.6 Å². The third-order valence-electron chi connectivity index (χ3n) is 6.45. The Hall–Kier alpha value is -2.67. The van der Waals surface area contributed by atoms with Gasteiger partial charge in [-0.25, -0.2) is 4.98 Å². The van der Waals surface area contributed by atoms with E-state index in [1.807, 2.05) is 19.1 Å². The maximum Gasteiger partial charge on any atom is 0.263 e. The number of nitrogens with one attached hydrogen (secondary N) is 1. The zero-order valence-electron chi connectivity index (χ0n) is 19.4. The van der Waals surface area contributed by atoms with E-state index in [1.165, 1.54) is 15.8 Å². The summed E-state index contributed by atoms with van der Waals surface area (Å²) in [6.07, 6.45) is 4.47. The Morgan fingerprint density at radius 2 is 2.03 bits per heavy atom. The lowest BCUT2D eigenvalue weighted by molar-refractivity contribution is -0.118. The second-order valence-corrected chi connectivity index (χ2v) is 10.7. The summed E-state index contributed by atoms with van der Waals surface area (Å²) in [5.74, 6) is 1.10. The fraction of sp³-hybridized carbons (Fsp3) is 0.480. The molecule has 0 fully saturated rings. The molecule has 170 valence electrons. The number of rotatable bonds is 5. The fourth-order valence-electron chi connectivity index (χ4n) is 4.37. The molecule has 2 atom stereocenters. The number of amides is 1. The Labute approximate surface area is 192 Å². The second-order valence-electron chi connectivity index (χ2n) is 9.57. The van der Waals surface area contributed by atoms with Gasteiger partial charge in [-0.3, -0.25) is 14.2 Å². The Bertz CT molecular complexity index is 1190. The van der Waals surface area contributed by atoms with Crippen LogP contribution in [0.2, 0.25) is 0 Å². The summed E-state index contributed by atoms with van der Waals surface area (Å²) >= 11 is 1.63. The second kappa shape index (κ2) is 8.70. The molecule has 7 heteroatoms. The van der Waals surface area contributed by atoms with Crippen molar-refractivity contribution in [2.45, 2.75) is 59.9 Å². The van der Waals surface area contributed by atoms with Crippen molar-refractivity contribution >= 4 is 33.1 Å². The monoisotopic (exact) mass is 453 g/mol. The SMILES string of the molecule is CCOc1ccc(NC(=O)C(C)n2cnc3sc4c(c3c2=O)CCC(C(C)(C)C)C4)cc1. The van der Waals surface area contributed by atoms with E-state index in [-0.39, 0.29) is 16.9 Å². The van der Waals surface area contributed by atoms with Gasteiger partial charge < -0.3 is 10.1 Å². The third kappa shape index (κ3) is 4.31. The summed E-state index contributed by atoms with van der Waals surface area (Å²) in [6, 6.07) is 6.53. The fourth-order valence-corrected chi connectivity index (χ4v) is 5.63. The van der Waals surface area contributed by atoms with Crippen molar-refractivity contribution in [3.63, 3.8) is 0 Å². The number of carbonyl (C=O) groups is 1. The summed E-state index contributed by atoms with van der Waals surface area (Å²) in [5, 5.41) is 3.58. The normalized spacial score (nSPS) is 17.1. The number of hydrogen-bond donors (Lipinski definition) is 1. The van der Waals surface area contributed by atoms with E-state index in [2.05, 4.69) is 31.1 Å². The zero-order chi connectivity index (χ0) is 23.0. The first-order chi connectivity index (χ1) is 15.2. The molecule has 0 bridgehead atoms. The quantitative estimate of drug-likeness (QED) is 0.576. The molecule has 2 unspecified atom stereocenters. The third-order valence-corrected chi connectivity index (χ3v) is 7.61. The van der Waals surface area contributed by atoms with E-state index in [4.69, 9.17) is 4.74 Å². The molecule has 1 N–H and O–H groups in total. The highest BCUT2D eigenvalue weighted by Crippen LogP contribution is 2.42. The van der Waals surface area contributed by atoms with Crippen LogP contribution in [0.25, 0.3) is 10.2 Å². The number of thiophene rings is 1. The molecule has 1 amide bonds. The molecule has 2 heterocycles. The largest absolute Gasteiger partial charge is 0.494 e. The van der Waals surface area contributed by atoms with Crippen LogP contribution in [0.1, 0.15) is 57.5 Å². The summed E-state index contributed by atoms with van der Waals surface area (Å²) in [6.45, 7) is 11.1. The number of nitrogens with zero attached hydrogens (tertiary/aromatic N) is 2. The molecule has 32 heavy (non-hydrogen) atoms. The van der Waals surface area contributed by atoms with E-state index in [0.717, 1.165) is 35.4 Å². The average Bonchev–Trinajstić information content (AvgIpc) is 3.13. The lowest BCUT2D eigenvalue weighted by Gasteiger charge is -2.33. The lowest BCUT2D eigenvalue weighted by Crippen LogP contribution is -2.32. The molecule has 0 radical (unpaired) electrons. The minimum Gasteiger partial charge on any atom is -0.494 e. The lowest BCUT2D eigenvalue weighted by atomic mass is 9.72. The first-order valence-corrected chi connectivity index (χ1v) is 12.1. The van der Waals surface area contributed by atoms with Gasteiger partial charge in [0.1, 0.15) is 16.6 Å². The number of aromatic nitrogens is 2. The van der Waals surface area contributed by atoms with Gasteiger partial charge in [-0.1, -0.05) is 20.8 Å². The minimum absolute atomic E-state index is 0.129. The molecule has 1 aromatic carbocycles. The Kier molecular flexibility index (Phi) is 6.12. The first-order valence-electron chi connectivity index (χ1n) is 11.2. The number of fused-ring (bicyclic) bond motifs is 3. The van der Waals surface area contributed by atoms with E-state index >= 15 is 0 Å². The number of hydrogen-bond acceptors (Lipinski definition) is 5. The highest BCUT2D eigenvalue weighted by molar-refractivity contribution is 7.18. The maximum absolute atomic E-state index is 13.4. The van der Waals surface area contributed by atoms with Gasteiger partial charge in [0.15, 0.2) is 0 Å². The van der Waals surface area contributed by atoms with E-state index in [9.17, 15) is 9.59 Å². The van der Waals surface area contributed by atoms with Gasteiger partial charge in [0.2, 0.25) is 5.91 Å². The summed E-state index contributed by atoms with van der Waals surface area (Å²) in [4.78, 5) is 32.9. The van der Waals surface area contributed by atoms with Crippen molar-refractivity contribution < 1.29 is 9.53 Å². The van der Waals surface area contributed by atoms with Gasteiger partial charge in [0.05, 0.1) is 18.3 Å². The van der Waals surface area contributed by atoms with Crippen molar-refractivity contribution in [2.75, 3.05) is 11.9 Å². The van der Waals surface area contributed by atoms with Crippen LogP contribution in [0.5, 0.6) is 5.75 Å². The Morgan fingerprint density at radius 3 is 2.69 bits per heavy atom. The van der Waals surface area contributed by atoms with Crippen LogP contribution < -0.4 is 15.6 Å². The van der Waals surface area contributed by atoms with Gasteiger partial charge in [-0.2, -0.15) is 0 Å². The summed E-state index contributed by atoms with van der Waals surface area (Å²) < 4.78 is 6.89. The van der Waals surface area contributed by atoms with Crippen molar-refractivity contribution in [3.05, 3.63) is 51.4 Å². The predicted molar refractivity (Wildman–Crippen MR) is 130 cm³/mol. The van der Waals surface area contributed by atoms with Crippen LogP contribution in [0, 0.1) is 11.3 Å². The number of aryl methyl sites for hydroxylation is 1. The number of anilines is 1. The molecule has 1 aliphatic carbocycles. The smallest absolute Gasteiger partial charge is 0.263 e. The van der Waals surface area contributed by atoms with Crippen molar-refractivity contribution in [1.82, 2.24) is 9.55 Å². The molecule has 0 saturated carbocycles. The number of ether oxygens (including phenoxy) is 1. The Morgan fingerprint density at radius 1 is 1.31 bits per heavy atom. The van der Waals surface area contributed by atoms with Crippen molar-refractivity contribution in [2.24, 2.45) is 11.3 Å². The first kappa shape index (κ1) is 22.5. The van der Waals surface area contributed by atoms with Crippen molar-refractivity contribution in [3.8, 4) is 5.75 Å². The van der Waals surface area contributed by atoms with Crippen molar-refractivity contribution in [1.29, 1.82) is 0 Å². The highest BCUT2D eigenvalue weighted by Gasteiger charge is 2.32. The Balaban J connectivity index is 1.58. The molecule has 2 aromatic heterocycles. The van der Waals surface area contributed by atoms with Gasteiger partial charge in [0, 0.05) is 10.6 Å². The molecule has 4 rings (SSSR count). The molecule has 1 aliphatic rings. The van der Waals surface area contributed by atoms with Gasteiger partial charge >= 0.3 is 0 Å². The van der Waals surface area contributed by atoms with E-state index < -0.39 is 6.04 Å². The van der Waals surface area contributed by atoms with E-state index in [1.54, 1.807) is 30.4 Å². The van der Waals surface area contributed by atoms with Gasteiger partial charge in [-0.05, 0) is 74.3 Å². The molecular weight excluding hydrogens is 422 g/mol. The van der Waals surface area contributed by atoms with Crippen LogP contribution >= 0.6 is 11.3 Å². The van der Waals surface area contributed by atoms with Gasteiger partial charge in [0.25, 0.3) is 5.56 Å². The molecular formula is C25H31N3O3S. The van der Waals surface area contributed by atoms with E-state index in [0.29, 0.717) is 23.6 Å². The standard InChI is InChI=1S/C25H31N3O3S/c1-6-31-18-10-8-17(9-11-18)27-22(29)15(2)28-14-26-23-21(24(28)30)19-12-7-16(25(3,4)5)13-20(19)32-23/h8-11,14-16H,6-7,12-13H2,1-5H3,(H,27,29). The van der Waals surface area contributed by atoms with Gasteiger partial charge in [-0.15, -0.1) is 11.3 Å². The topological polar surface area (TPSA) is 73.2 Å². The molecule has 0 saturated heterocycles. The molecule has 0 aliphatic heterocycles. The zero-order valence-corrected chi connectivity index (χ0v) is 20.2. The highest BCUT2D eigenvalue weighted by atomic mass is 32.1. The van der Waals surface area contributed by atoms with Crippen LogP contribution in [-0.4, -0.2) is 22.1 Å². The minimum atomic E-state index is -0.674. The summed E-state index contributed by atoms with van der Waals surface area (Å²) in [7, 11) is 0. The van der Waals surface area contributed by atoms with Crippen LogP contribution in [0.15, 0.2) is 35.4 Å². The maximum atomic E-state index is 13.4. The molecule has 0 spiro atoms. The van der Waals surface area contributed by atoms with Crippen LogP contribution in [0.3, 0.4) is 0 Å². The predicted octanol–water partition coefficient (Wildman–Crippen LogP) is 5.21. The number of benzene rings is 1. The molecule has 6 nitrogen and oxygen atoms in total. The van der Waals surface area contributed by atoms with Crippen LogP contribution in [0.4, 0.5) is 5.69 Å².